The van der Waals surface area contributed by atoms with Crippen molar-refractivity contribution in [1.29, 1.82) is 0 Å². The number of hydrogen-bond donors (Lipinski definition) is 2. The van der Waals surface area contributed by atoms with Crippen LogP contribution >= 0.6 is 0 Å². The highest BCUT2D eigenvalue weighted by Crippen LogP contribution is 2.38. The van der Waals surface area contributed by atoms with E-state index in [2.05, 4.69) is 27.5 Å². The van der Waals surface area contributed by atoms with E-state index >= 15 is 0 Å². The lowest BCUT2D eigenvalue weighted by atomic mass is 10.3. The van der Waals surface area contributed by atoms with Crippen LogP contribution in [0.25, 0.3) is 0 Å². The highest BCUT2D eigenvalue weighted by atomic mass is 16.5. The summed E-state index contributed by atoms with van der Waals surface area (Å²) < 4.78 is 5.51. The van der Waals surface area contributed by atoms with Crippen molar-refractivity contribution in [3.05, 3.63) is 11.9 Å². The maximum Gasteiger partial charge on any atom is 0.136 e. The summed E-state index contributed by atoms with van der Waals surface area (Å²) in [6.45, 7) is 8.49. The molecule has 0 spiro atoms. The highest BCUT2D eigenvalue weighted by molar-refractivity contribution is 5.48. The van der Waals surface area contributed by atoms with Crippen molar-refractivity contribution < 1.29 is 4.74 Å². The van der Waals surface area contributed by atoms with Gasteiger partial charge in [0.1, 0.15) is 17.5 Å². The number of nitrogens with one attached hydrogen (secondary N) is 2. The van der Waals surface area contributed by atoms with Crippen LogP contribution in [-0.4, -0.2) is 35.8 Å². The van der Waals surface area contributed by atoms with Gasteiger partial charge in [-0.05, 0) is 33.6 Å². The number of aromatic nitrogens is 2. The molecule has 0 radical (unpaired) electrons. The molecule has 0 atom stereocenters. The van der Waals surface area contributed by atoms with Crippen LogP contribution in [0.1, 0.15) is 45.4 Å². The molecule has 1 aliphatic rings. The smallest absolute Gasteiger partial charge is 0.136 e. The molecule has 0 bridgehead atoms. The van der Waals surface area contributed by atoms with Gasteiger partial charge in [0.2, 0.25) is 0 Å². The second-order valence-electron chi connectivity index (χ2n) is 5.15. The zero-order valence-corrected chi connectivity index (χ0v) is 12.1. The van der Waals surface area contributed by atoms with Gasteiger partial charge in [0.15, 0.2) is 0 Å². The Morgan fingerprint density at radius 2 is 1.95 bits per heavy atom. The van der Waals surface area contributed by atoms with E-state index in [1.54, 1.807) is 0 Å². The zero-order chi connectivity index (χ0) is 13.7. The number of rotatable bonds is 8. The third-order valence-electron chi connectivity index (χ3n) is 2.90. The molecular formula is C14H24N4O. The van der Waals surface area contributed by atoms with Gasteiger partial charge in [-0.1, -0.05) is 0 Å². The van der Waals surface area contributed by atoms with Crippen molar-refractivity contribution in [2.75, 3.05) is 30.3 Å². The van der Waals surface area contributed by atoms with E-state index < -0.39 is 0 Å². The second kappa shape index (κ2) is 6.70. The summed E-state index contributed by atoms with van der Waals surface area (Å²) in [5.74, 6) is 3.32. The van der Waals surface area contributed by atoms with Gasteiger partial charge in [-0.3, -0.25) is 0 Å². The Balaban J connectivity index is 1.94. The minimum Gasteiger partial charge on any atom is -0.377 e. The lowest BCUT2D eigenvalue weighted by molar-refractivity contribution is 0.0870. The largest absolute Gasteiger partial charge is 0.377 e. The van der Waals surface area contributed by atoms with Gasteiger partial charge in [0.25, 0.3) is 0 Å². The van der Waals surface area contributed by atoms with Crippen LogP contribution in [-0.2, 0) is 4.74 Å². The molecule has 5 nitrogen and oxygen atoms in total. The predicted octanol–water partition coefficient (Wildman–Crippen LogP) is 2.62. The number of ether oxygens (including phenoxy) is 1. The summed E-state index contributed by atoms with van der Waals surface area (Å²) in [5.41, 5.74) is 0. The summed E-state index contributed by atoms with van der Waals surface area (Å²) in [6.07, 6.45) is 2.70. The molecule has 106 valence electrons. The Bertz CT molecular complexity index is 404. The third-order valence-corrected chi connectivity index (χ3v) is 2.90. The van der Waals surface area contributed by atoms with Crippen LogP contribution in [0.2, 0.25) is 0 Å². The van der Waals surface area contributed by atoms with E-state index in [4.69, 9.17) is 4.74 Å². The Labute approximate surface area is 115 Å². The summed E-state index contributed by atoms with van der Waals surface area (Å²) >= 11 is 0. The second-order valence-corrected chi connectivity index (χ2v) is 5.15. The first-order valence-electron chi connectivity index (χ1n) is 7.17. The molecule has 0 aliphatic heterocycles. The van der Waals surface area contributed by atoms with Crippen molar-refractivity contribution in [2.45, 2.75) is 45.6 Å². The van der Waals surface area contributed by atoms with Gasteiger partial charge in [-0.2, -0.15) is 0 Å². The minimum absolute atomic E-state index is 0.270. The third kappa shape index (κ3) is 4.67. The fourth-order valence-corrected chi connectivity index (χ4v) is 1.83. The van der Waals surface area contributed by atoms with Gasteiger partial charge in [-0.25, -0.2) is 9.97 Å². The summed E-state index contributed by atoms with van der Waals surface area (Å²) in [6, 6.07) is 1.96. The summed E-state index contributed by atoms with van der Waals surface area (Å²) in [7, 11) is 0. The van der Waals surface area contributed by atoms with E-state index in [9.17, 15) is 0 Å². The molecule has 1 saturated carbocycles. The standard InChI is InChI=1S/C14H24N4O/c1-4-15-12-9-13(16-7-8-19-10(2)3)18-14(17-12)11-5-6-11/h9-11H,4-8H2,1-3H3,(H2,15,16,17,18). The normalized spacial score (nSPS) is 14.7. The van der Waals surface area contributed by atoms with Crippen molar-refractivity contribution in [1.82, 2.24) is 9.97 Å². The van der Waals surface area contributed by atoms with Crippen molar-refractivity contribution >= 4 is 11.6 Å². The molecule has 1 aromatic rings. The molecule has 2 rings (SSSR count). The molecule has 0 amide bonds. The first-order valence-corrected chi connectivity index (χ1v) is 7.17. The van der Waals surface area contributed by atoms with Gasteiger partial charge < -0.3 is 15.4 Å². The maximum absolute atomic E-state index is 5.51. The fraction of sp³-hybridized carbons (Fsp3) is 0.714. The maximum atomic E-state index is 5.51. The predicted molar refractivity (Wildman–Crippen MR) is 77.7 cm³/mol. The number of anilines is 2. The average Bonchev–Trinajstić information content (AvgIpc) is 3.19. The van der Waals surface area contributed by atoms with Crippen LogP contribution in [0.4, 0.5) is 11.6 Å². The van der Waals surface area contributed by atoms with Crippen LogP contribution in [0.3, 0.4) is 0 Å². The summed E-state index contributed by atoms with van der Waals surface area (Å²) in [5, 5.41) is 6.56. The Hall–Kier alpha value is -1.36. The van der Waals surface area contributed by atoms with Crippen LogP contribution in [0, 0.1) is 0 Å². The monoisotopic (exact) mass is 264 g/mol. The molecular weight excluding hydrogens is 240 g/mol. The molecule has 5 heteroatoms. The van der Waals surface area contributed by atoms with Crippen molar-refractivity contribution in [3.63, 3.8) is 0 Å². The molecule has 1 heterocycles. The molecule has 19 heavy (non-hydrogen) atoms. The molecule has 0 aromatic carbocycles. The SMILES string of the molecule is CCNc1cc(NCCOC(C)C)nc(C2CC2)n1. The molecule has 2 N–H and O–H groups in total. The van der Waals surface area contributed by atoms with Gasteiger partial charge >= 0.3 is 0 Å². The lowest BCUT2D eigenvalue weighted by Gasteiger charge is -2.11. The highest BCUT2D eigenvalue weighted by Gasteiger charge is 2.27. The molecule has 1 aliphatic carbocycles. The van der Waals surface area contributed by atoms with Gasteiger partial charge in [-0.15, -0.1) is 0 Å². The Kier molecular flexibility index (Phi) is 4.96. The fourth-order valence-electron chi connectivity index (χ4n) is 1.83. The van der Waals surface area contributed by atoms with Gasteiger partial charge in [0, 0.05) is 25.1 Å². The topological polar surface area (TPSA) is 59.1 Å². The Morgan fingerprint density at radius 1 is 1.26 bits per heavy atom. The van der Waals surface area contributed by atoms with E-state index in [0.717, 1.165) is 30.5 Å². The quantitative estimate of drug-likeness (QED) is 0.707. The number of hydrogen-bond acceptors (Lipinski definition) is 5. The van der Waals surface area contributed by atoms with Crippen LogP contribution in [0.5, 0.6) is 0 Å². The van der Waals surface area contributed by atoms with Crippen LogP contribution < -0.4 is 10.6 Å². The van der Waals surface area contributed by atoms with E-state index in [1.165, 1.54) is 12.8 Å². The van der Waals surface area contributed by atoms with E-state index in [0.29, 0.717) is 12.5 Å². The van der Waals surface area contributed by atoms with Crippen molar-refractivity contribution in [3.8, 4) is 0 Å². The van der Waals surface area contributed by atoms with Crippen LogP contribution in [0.15, 0.2) is 6.07 Å². The average molecular weight is 264 g/mol. The molecule has 1 fully saturated rings. The molecule has 0 unspecified atom stereocenters. The first-order chi connectivity index (χ1) is 9.19. The van der Waals surface area contributed by atoms with Gasteiger partial charge in [0.05, 0.1) is 12.7 Å². The Morgan fingerprint density at radius 3 is 2.53 bits per heavy atom. The van der Waals surface area contributed by atoms with Crippen molar-refractivity contribution in [2.24, 2.45) is 0 Å². The zero-order valence-electron chi connectivity index (χ0n) is 12.1. The molecule has 1 aromatic heterocycles. The lowest BCUT2D eigenvalue weighted by Crippen LogP contribution is -2.15. The molecule has 0 saturated heterocycles. The van der Waals surface area contributed by atoms with E-state index in [-0.39, 0.29) is 6.10 Å². The first kappa shape index (κ1) is 14.1. The van der Waals surface area contributed by atoms with E-state index in [1.807, 2.05) is 19.9 Å². The minimum atomic E-state index is 0.270. The summed E-state index contributed by atoms with van der Waals surface area (Å²) in [4.78, 5) is 9.12. The number of nitrogens with zero attached hydrogens (tertiary/aromatic N) is 2.